The highest BCUT2D eigenvalue weighted by atomic mass is 19.4. The summed E-state index contributed by atoms with van der Waals surface area (Å²) in [5, 5.41) is 0. The Morgan fingerprint density at radius 2 is 1.79 bits per heavy atom. The van der Waals surface area contributed by atoms with Gasteiger partial charge in [0.25, 0.3) is 0 Å². The molecular formula is C26H31F3N2O2. The largest absolute Gasteiger partial charge is 0.464 e. The van der Waals surface area contributed by atoms with Gasteiger partial charge in [0.2, 0.25) is 0 Å². The summed E-state index contributed by atoms with van der Waals surface area (Å²) in [4.78, 5) is 11.4. The summed E-state index contributed by atoms with van der Waals surface area (Å²) in [7, 11) is 0. The SMILES string of the molecule is NCC(N)C(=O)OCCCCCCc1ccc2c(c1)CCC(c1ccccc1C(F)(F)F)=C2. The molecule has 0 aliphatic heterocycles. The molecule has 2 aromatic rings. The molecule has 3 rings (SSSR count). The number of carbonyl (C=O) groups is 1. The molecule has 178 valence electrons. The van der Waals surface area contributed by atoms with Gasteiger partial charge in [-0.1, -0.05) is 55.3 Å². The van der Waals surface area contributed by atoms with E-state index in [2.05, 4.69) is 12.1 Å². The molecule has 1 aliphatic carbocycles. The van der Waals surface area contributed by atoms with E-state index in [9.17, 15) is 18.0 Å². The zero-order valence-electron chi connectivity index (χ0n) is 18.7. The smallest absolute Gasteiger partial charge is 0.416 e. The van der Waals surface area contributed by atoms with E-state index in [4.69, 9.17) is 16.2 Å². The molecule has 0 saturated heterocycles. The first-order valence-electron chi connectivity index (χ1n) is 11.4. The summed E-state index contributed by atoms with van der Waals surface area (Å²) in [5.74, 6) is -0.453. The highest BCUT2D eigenvalue weighted by Gasteiger charge is 2.34. The Kier molecular flexibility index (Phi) is 8.69. The van der Waals surface area contributed by atoms with Gasteiger partial charge >= 0.3 is 12.1 Å². The monoisotopic (exact) mass is 460 g/mol. The van der Waals surface area contributed by atoms with E-state index in [0.717, 1.165) is 55.7 Å². The summed E-state index contributed by atoms with van der Waals surface area (Å²) >= 11 is 0. The van der Waals surface area contributed by atoms with E-state index in [1.165, 1.54) is 17.2 Å². The van der Waals surface area contributed by atoms with Crippen LogP contribution in [0.4, 0.5) is 13.2 Å². The van der Waals surface area contributed by atoms with Crippen LogP contribution in [0, 0.1) is 0 Å². The molecule has 1 unspecified atom stereocenters. The Balaban J connectivity index is 1.51. The number of hydrogen-bond donors (Lipinski definition) is 2. The Bertz CT molecular complexity index is 986. The van der Waals surface area contributed by atoms with Crippen LogP contribution in [-0.4, -0.2) is 25.2 Å². The molecular weight excluding hydrogens is 429 g/mol. The van der Waals surface area contributed by atoms with Crippen LogP contribution in [0.2, 0.25) is 0 Å². The highest BCUT2D eigenvalue weighted by molar-refractivity contribution is 5.85. The molecule has 7 heteroatoms. The Labute approximate surface area is 192 Å². The van der Waals surface area contributed by atoms with Crippen molar-refractivity contribution in [2.45, 2.75) is 57.2 Å². The van der Waals surface area contributed by atoms with E-state index >= 15 is 0 Å². The minimum atomic E-state index is -4.36. The fourth-order valence-corrected chi connectivity index (χ4v) is 4.08. The summed E-state index contributed by atoms with van der Waals surface area (Å²) < 4.78 is 45.3. The summed E-state index contributed by atoms with van der Waals surface area (Å²) in [6.07, 6.45) is 3.60. The van der Waals surface area contributed by atoms with Crippen LogP contribution in [-0.2, 0) is 28.5 Å². The van der Waals surface area contributed by atoms with Gasteiger partial charge in [0.05, 0.1) is 12.2 Å². The third-order valence-electron chi connectivity index (χ3n) is 5.94. The second-order valence-electron chi connectivity index (χ2n) is 8.42. The fraction of sp³-hybridized carbons (Fsp3) is 0.423. The molecule has 0 saturated carbocycles. The first-order valence-corrected chi connectivity index (χ1v) is 11.4. The van der Waals surface area contributed by atoms with Crippen molar-refractivity contribution < 1.29 is 22.7 Å². The number of benzene rings is 2. The normalized spacial score (nSPS) is 14.4. The molecule has 0 radical (unpaired) electrons. The lowest BCUT2D eigenvalue weighted by Gasteiger charge is -2.20. The van der Waals surface area contributed by atoms with Crippen LogP contribution in [0.3, 0.4) is 0 Å². The molecule has 0 amide bonds. The average Bonchev–Trinajstić information content (AvgIpc) is 2.81. The zero-order chi connectivity index (χ0) is 23.8. The molecule has 0 fully saturated rings. The minimum absolute atomic E-state index is 0.0809. The first kappa shape index (κ1) is 25.0. The lowest BCUT2D eigenvalue weighted by molar-refractivity contribution is -0.145. The lowest BCUT2D eigenvalue weighted by atomic mass is 9.85. The molecule has 1 atom stereocenters. The van der Waals surface area contributed by atoms with Gasteiger partial charge in [-0.15, -0.1) is 0 Å². The van der Waals surface area contributed by atoms with Gasteiger partial charge in [-0.2, -0.15) is 13.2 Å². The van der Waals surface area contributed by atoms with Crippen molar-refractivity contribution in [2.24, 2.45) is 11.5 Å². The van der Waals surface area contributed by atoms with Crippen LogP contribution in [0.25, 0.3) is 11.6 Å². The number of esters is 1. The van der Waals surface area contributed by atoms with Gasteiger partial charge in [-0.05, 0) is 66.0 Å². The van der Waals surface area contributed by atoms with Crippen LogP contribution in [0.5, 0.6) is 0 Å². The van der Waals surface area contributed by atoms with Crippen LogP contribution in [0.1, 0.15) is 59.9 Å². The molecule has 0 heterocycles. The minimum Gasteiger partial charge on any atom is -0.464 e. The van der Waals surface area contributed by atoms with Crippen LogP contribution < -0.4 is 11.5 Å². The number of allylic oxidation sites excluding steroid dienone is 1. The quantitative estimate of drug-likeness (QED) is 0.381. The van der Waals surface area contributed by atoms with E-state index in [-0.39, 0.29) is 12.1 Å². The standard InChI is InChI=1S/C26H31F3N2O2/c27-26(28,29)23-9-5-4-8-22(23)21-13-12-19-15-18(10-11-20(19)16-21)7-3-1-2-6-14-33-25(32)24(31)17-30/h4-5,8-11,15-16,24H,1-3,6-7,12-14,17,30-31H2. The fourth-order valence-electron chi connectivity index (χ4n) is 4.08. The molecule has 0 aromatic heterocycles. The van der Waals surface area contributed by atoms with E-state index in [0.29, 0.717) is 13.0 Å². The number of unbranched alkanes of at least 4 members (excludes halogenated alkanes) is 3. The first-order chi connectivity index (χ1) is 15.8. The van der Waals surface area contributed by atoms with E-state index in [1.807, 2.05) is 12.1 Å². The topological polar surface area (TPSA) is 78.3 Å². The Morgan fingerprint density at radius 3 is 2.55 bits per heavy atom. The van der Waals surface area contributed by atoms with Crippen molar-refractivity contribution in [3.8, 4) is 0 Å². The van der Waals surface area contributed by atoms with Gasteiger partial charge < -0.3 is 16.2 Å². The van der Waals surface area contributed by atoms with Gasteiger partial charge in [0, 0.05) is 6.54 Å². The summed E-state index contributed by atoms with van der Waals surface area (Å²) in [5.41, 5.74) is 14.7. The van der Waals surface area contributed by atoms with Gasteiger partial charge in [0.15, 0.2) is 0 Å². The second kappa shape index (κ2) is 11.5. The number of rotatable bonds is 10. The number of ether oxygens (including phenoxy) is 1. The molecule has 0 spiro atoms. The van der Waals surface area contributed by atoms with Crippen molar-refractivity contribution in [1.29, 1.82) is 0 Å². The van der Waals surface area contributed by atoms with Crippen molar-refractivity contribution in [1.82, 2.24) is 0 Å². The maximum Gasteiger partial charge on any atom is 0.416 e. The number of hydrogen-bond acceptors (Lipinski definition) is 4. The van der Waals surface area contributed by atoms with Crippen LogP contribution in [0.15, 0.2) is 42.5 Å². The number of alkyl halides is 3. The number of fused-ring (bicyclic) bond motifs is 1. The third kappa shape index (κ3) is 6.92. The van der Waals surface area contributed by atoms with Crippen molar-refractivity contribution in [3.05, 3.63) is 70.3 Å². The zero-order valence-corrected chi connectivity index (χ0v) is 18.7. The summed E-state index contributed by atoms with van der Waals surface area (Å²) in [6, 6.07) is 11.3. The molecule has 1 aliphatic rings. The van der Waals surface area contributed by atoms with Gasteiger partial charge in [0.1, 0.15) is 6.04 Å². The predicted molar refractivity (Wildman–Crippen MR) is 124 cm³/mol. The van der Waals surface area contributed by atoms with E-state index < -0.39 is 23.8 Å². The van der Waals surface area contributed by atoms with Crippen molar-refractivity contribution in [2.75, 3.05) is 13.2 Å². The van der Waals surface area contributed by atoms with E-state index in [1.54, 1.807) is 12.1 Å². The third-order valence-corrected chi connectivity index (χ3v) is 5.94. The second-order valence-corrected chi connectivity index (χ2v) is 8.42. The van der Waals surface area contributed by atoms with Gasteiger partial charge in [-0.25, -0.2) is 0 Å². The Hall–Kier alpha value is -2.64. The number of aryl methyl sites for hydroxylation is 2. The highest BCUT2D eigenvalue weighted by Crippen LogP contribution is 2.39. The number of carbonyl (C=O) groups excluding carboxylic acids is 1. The maximum atomic E-state index is 13.4. The molecule has 33 heavy (non-hydrogen) atoms. The molecule has 0 bridgehead atoms. The van der Waals surface area contributed by atoms with Crippen molar-refractivity contribution >= 4 is 17.6 Å². The lowest BCUT2D eigenvalue weighted by Crippen LogP contribution is -2.39. The van der Waals surface area contributed by atoms with Crippen LogP contribution >= 0.6 is 0 Å². The summed E-state index contributed by atoms with van der Waals surface area (Å²) in [6.45, 7) is 0.440. The van der Waals surface area contributed by atoms with Crippen molar-refractivity contribution in [3.63, 3.8) is 0 Å². The predicted octanol–water partition coefficient (Wildman–Crippen LogP) is 5.12. The molecule has 4 N–H and O–H groups in total. The molecule has 2 aromatic carbocycles. The maximum absolute atomic E-state index is 13.4. The number of halogens is 3. The Morgan fingerprint density at radius 1 is 1.03 bits per heavy atom. The molecule has 4 nitrogen and oxygen atoms in total. The van der Waals surface area contributed by atoms with Gasteiger partial charge in [-0.3, -0.25) is 4.79 Å². The average molecular weight is 461 g/mol. The number of nitrogens with two attached hydrogens (primary N) is 2.